The minimum absolute atomic E-state index is 0.251. The fourth-order valence-electron chi connectivity index (χ4n) is 2.74. The van der Waals surface area contributed by atoms with Crippen molar-refractivity contribution in [2.75, 3.05) is 14.2 Å². The molecule has 1 aliphatic rings. The number of alkyl carbamates (subject to hydrolysis) is 1. The van der Waals surface area contributed by atoms with Crippen molar-refractivity contribution in [3.8, 4) is 0 Å². The molecular weight excluding hydrogens is 284 g/mol. The summed E-state index contributed by atoms with van der Waals surface area (Å²) in [4.78, 5) is 29.3. The lowest BCUT2D eigenvalue weighted by Crippen LogP contribution is -2.49. The van der Waals surface area contributed by atoms with Crippen LogP contribution < -0.4 is 5.32 Å². The van der Waals surface area contributed by atoms with Crippen LogP contribution in [-0.2, 0) is 14.4 Å². The molecule has 0 bridgehead atoms. The van der Waals surface area contributed by atoms with Crippen LogP contribution in [0.3, 0.4) is 0 Å². The topological polar surface area (TPSA) is 67.9 Å². The fourth-order valence-corrected chi connectivity index (χ4v) is 2.74. The van der Waals surface area contributed by atoms with Gasteiger partial charge in [-0.05, 0) is 33.1 Å². The second-order valence-electron chi connectivity index (χ2n) is 6.96. The molecule has 0 heterocycles. The van der Waals surface area contributed by atoms with Crippen LogP contribution in [-0.4, -0.2) is 42.9 Å². The quantitative estimate of drug-likeness (QED) is 0.792. The van der Waals surface area contributed by atoms with Gasteiger partial charge in [-0.1, -0.05) is 32.1 Å². The second kappa shape index (κ2) is 8.36. The molecule has 0 aromatic rings. The number of nitrogens with one attached hydrogen (secondary N) is 1. The monoisotopic (exact) mass is 314 g/mol. The van der Waals surface area contributed by atoms with Gasteiger partial charge in [-0.2, -0.15) is 0 Å². The minimum Gasteiger partial charge on any atom is -0.444 e. The molecule has 22 heavy (non-hydrogen) atoms. The van der Waals surface area contributed by atoms with Crippen molar-refractivity contribution in [2.45, 2.75) is 70.9 Å². The third kappa shape index (κ3) is 6.64. The molecule has 6 nitrogen and oxygen atoms in total. The summed E-state index contributed by atoms with van der Waals surface area (Å²) >= 11 is 0. The summed E-state index contributed by atoms with van der Waals surface area (Å²) in [6, 6.07) is -0.608. The maximum absolute atomic E-state index is 12.4. The average Bonchev–Trinajstić information content (AvgIpc) is 2.44. The van der Waals surface area contributed by atoms with Gasteiger partial charge >= 0.3 is 6.09 Å². The molecule has 128 valence electrons. The van der Waals surface area contributed by atoms with E-state index in [1.807, 2.05) is 0 Å². The number of likely N-dealkylation sites (N-methyl/N-ethyl adjacent to an activating group) is 1. The van der Waals surface area contributed by atoms with Gasteiger partial charge in [-0.3, -0.25) is 9.63 Å². The largest absolute Gasteiger partial charge is 0.444 e. The number of nitrogens with zero attached hydrogens (tertiary/aromatic N) is 1. The van der Waals surface area contributed by atoms with Gasteiger partial charge in [0.1, 0.15) is 11.6 Å². The van der Waals surface area contributed by atoms with Gasteiger partial charge in [-0.25, -0.2) is 9.86 Å². The van der Waals surface area contributed by atoms with E-state index in [2.05, 4.69) is 5.32 Å². The number of carbonyl (C=O) groups is 2. The van der Waals surface area contributed by atoms with Crippen molar-refractivity contribution in [1.82, 2.24) is 10.4 Å². The average molecular weight is 314 g/mol. The SMILES string of the molecule is CON(C)C(=O)[C@@H](CC1CCCCC1)NC(=O)OC(C)(C)C. The molecule has 1 N–H and O–H groups in total. The predicted octanol–water partition coefficient (Wildman–Crippen LogP) is 2.87. The zero-order valence-corrected chi connectivity index (χ0v) is 14.5. The van der Waals surface area contributed by atoms with Gasteiger partial charge in [0.15, 0.2) is 0 Å². The maximum Gasteiger partial charge on any atom is 0.408 e. The van der Waals surface area contributed by atoms with Crippen molar-refractivity contribution in [1.29, 1.82) is 0 Å². The van der Waals surface area contributed by atoms with Crippen LogP contribution in [0.4, 0.5) is 4.79 Å². The Hall–Kier alpha value is -1.30. The zero-order valence-electron chi connectivity index (χ0n) is 14.5. The summed E-state index contributed by atoms with van der Waals surface area (Å²) in [5, 5.41) is 3.86. The standard InChI is InChI=1S/C16H30N2O4/c1-16(2,3)22-15(20)17-13(14(19)18(4)21-5)11-12-9-7-6-8-10-12/h12-13H,6-11H2,1-5H3,(H,17,20)/t13-/m1/s1. The van der Waals surface area contributed by atoms with E-state index in [1.165, 1.54) is 26.4 Å². The highest BCUT2D eigenvalue weighted by Gasteiger charge is 2.29. The highest BCUT2D eigenvalue weighted by molar-refractivity contribution is 5.84. The Kier molecular flexibility index (Phi) is 7.13. The van der Waals surface area contributed by atoms with E-state index in [0.29, 0.717) is 12.3 Å². The van der Waals surface area contributed by atoms with E-state index in [-0.39, 0.29) is 5.91 Å². The molecule has 1 rings (SSSR count). The lowest BCUT2D eigenvalue weighted by Gasteiger charge is -2.29. The van der Waals surface area contributed by atoms with Gasteiger partial charge in [0.25, 0.3) is 5.91 Å². The van der Waals surface area contributed by atoms with Crippen molar-refractivity contribution in [2.24, 2.45) is 5.92 Å². The minimum atomic E-state index is -0.608. The number of amides is 2. The Bertz CT molecular complexity index is 373. The van der Waals surface area contributed by atoms with E-state index in [9.17, 15) is 9.59 Å². The first-order valence-electron chi connectivity index (χ1n) is 8.04. The summed E-state index contributed by atoms with van der Waals surface area (Å²) in [7, 11) is 2.98. The molecule has 1 atom stereocenters. The Labute approximate surface area is 133 Å². The van der Waals surface area contributed by atoms with Gasteiger partial charge in [-0.15, -0.1) is 0 Å². The van der Waals surface area contributed by atoms with Crippen LogP contribution in [0.2, 0.25) is 0 Å². The maximum atomic E-state index is 12.4. The molecule has 1 aliphatic carbocycles. The van der Waals surface area contributed by atoms with Crippen LogP contribution in [0.25, 0.3) is 0 Å². The number of carbonyl (C=O) groups excluding carboxylic acids is 2. The fraction of sp³-hybridized carbons (Fsp3) is 0.875. The highest BCUT2D eigenvalue weighted by Crippen LogP contribution is 2.27. The first-order valence-corrected chi connectivity index (χ1v) is 8.04. The van der Waals surface area contributed by atoms with E-state index in [1.54, 1.807) is 27.8 Å². The number of hydrogen-bond donors (Lipinski definition) is 1. The second-order valence-corrected chi connectivity index (χ2v) is 6.96. The van der Waals surface area contributed by atoms with E-state index < -0.39 is 17.7 Å². The third-order valence-electron chi connectivity index (χ3n) is 3.87. The van der Waals surface area contributed by atoms with Crippen LogP contribution >= 0.6 is 0 Å². The Morgan fingerprint density at radius 1 is 1.23 bits per heavy atom. The molecule has 0 radical (unpaired) electrons. The lowest BCUT2D eigenvalue weighted by atomic mass is 9.84. The molecule has 1 fully saturated rings. The molecular formula is C16H30N2O4. The van der Waals surface area contributed by atoms with Crippen LogP contribution in [0.5, 0.6) is 0 Å². The van der Waals surface area contributed by atoms with Crippen molar-refractivity contribution < 1.29 is 19.2 Å². The van der Waals surface area contributed by atoms with Crippen molar-refractivity contribution in [3.63, 3.8) is 0 Å². The molecule has 0 unspecified atom stereocenters. The van der Waals surface area contributed by atoms with Crippen LogP contribution in [0, 0.1) is 5.92 Å². The predicted molar refractivity (Wildman–Crippen MR) is 84.1 cm³/mol. The summed E-state index contributed by atoms with van der Waals surface area (Å²) in [6.07, 6.45) is 5.92. The number of hydroxylamine groups is 2. The van der Waals surface area contributed by atoms with Gasteiger partial charge in [0.05, 0.1) is 7.11 Å². The van der Waals surface area contributed by atoms with Crippen LogP contribution in [0.1, 0.15) is 59.3 Å². The smallest absolute Gasteiger partial charge is 0.408 e. The van der Waals surface area contributed by atoms with E-state index >= 15 is 0 Å². The Morgan fingerprint density at radius 2 is 1.82 bits per heavy atom. The zero-order chi connectivity index (χ0) is 16.8. The summed E-state index contributed by atoms with van der Waals surface area (Å²) in [5.41, 5.74) is -0.588. The summed E-state index contributed by atoms with van der Waals surface area (Å²) in [6.45, 7) is 5.39. The van der Waals surface area contributed by atoms with Crippen molar-refractivity contribution >= 4 is 12.0 Å². The van der Waals surface area contributed by atoms with Gasteiger partial charge in [0.2, 0.25) is 0 Å². The number of rotatable bonds is 5. The first kappa shape index (κ1) is 18.7. The highest BCUT2D eigenvalue weighted by atomic mass is 16.7. The van der Waals surface area contributed by atoms with Crippen molar-refractivity contribution in [3.05, 3.63) is 0 Å². The first-order chi connectivity index (χ1) is 10.2. The molecule has 0 aromatic carbocycles. The molecule has 1 saturated carbocycles. The normalized spacial score (nSPS) is 17.7. The molecule has 0 saturated heterocycles. The molecule has 2 amide bonds. The summed E-state index contributed by atoms with van der Waals surface area (Å²) in [5.74, 6) is 0.210. The molecule has 0 aliphatic heterocycles. The van der Waals surface area contributed by atoms with Gasteiger partial charge < -0.3 is 10.1 Å². The molecule has 0 spiro atoms. The Morgan fingerprint density at radius 3 is 2.32 bits per heavy atom. The molecule has 6 heteroatoms. The Balaban J connectivity index is 2.68. The lowest BCUT2D eigenvalue weighted by molar-refractivity contribution is -0.171. The van der Waals surface area contributed by atoms with Gasteiger partial charge in [0, 0.05) is 7.05 Å². The summed E-state index contributed by atoms with van der Waals surface area (Å²) < 4.78 is 5.26. The third-order valence-corrected chi connectivity index (χ3v) is 3.87. The number of hydrogen-bond acceptors (Lipinski definition) is 4. The van der Waals surface area contributed by atoms with E-state index in [0.717, 1.165) is 17.9 Å². The number of ether oxygens (including phenoxy) is 1. The molecule has 0 aromatic heterocycles. The van der Waals surface area contributed by atoms with Crippen LogP contribution in [0.15, 0.2) is 0 Å². The van der Waals surface area contributed by atoms with E-state index in [4.69, 9.17) is 9.57 Å².